The molecule has 2 N–H and O–H groups in total. The first-order chi connectivity index (χ1) is 14.1. The van der Waals surface area contributed by atoms with Crippen molar-refractivity contribution in [2.75, 3.05) is 11.9 Å². The maximum atomic E-state index is 12.5. The number of aliphatic hydroxyl groups is 1. The normalized spacial score (nSPS) is 12.3. The van der Waals surface area contributed by atoms with Crippen molar-refractivity contribution in [1.29, 1.82) is 0 Å². The topological polar surface area (TPSA) is 102 Å². The number of amides is 1. The van der Waals surface area contributed by atoms with Crippen LogP contribution in [0.5, 0.6) is 0 Å². The van der Waals surface area contributed by atoms with Crippen LogP contribution in [0, 0.1) is 0 Å². The summed E-state index contributed by atoms with van der Waals surface area (Å²) in [5.41, 5.74) is 1.52. The molecule has 30 heavy (non-hydrogen) atoms. The fourth-order valence-electron chi connectivity index (χ4n) is 2.81. The molecular weight excluding hydrogens is 398 g/mol. The molecule has 0 aliphatic heterocycles. The van der Waals surface area contributed by atoms with E-state index in [1.807, 2.05) is 10.6 Å². The number of fused-ring (bicyclic) bond motifs is 1. The number of nitrogens with one attached hydrogen (secondary N) is 1. The van der Waals surface area contributed by atoms with Crippen LogP contribution in [0.25, 0.3) is 11.2 Å². The van der Waals surface area contributed by atoms with Crippen LogP contribution in [0.1, 0.15) is 37.0 Å². The fourth-order valence-corrected chi connectivity index (χ4v) is 3.84. The molecule has 9 heteroatoms. The van der Waals surface area contributed by atoms with Crippen molar-refractivity contribution in [3.8, 4) is 0 Å². The van der Waals surface area contributed by atoms with Crippen molar-refractivity contribution in [2.24, 2.45) is 0 Å². The first-order valence-corrected chi connectivity index (χ1v) is 12.9. The Bertz CT molecular complexity index is 1030. The molecule has 2 aromatic heterocycles. The number of nitrogens with zero attached hydrogens (tertiary/aromatic N) is 4. The number of hydrogen-bond donors (Lipinski definition) is 2. The minimum atomic E-state index is -1.89. The number of aromatic nitrogens is 4. The van der Waals surface area contributed by atoms with Crippen LogP contribution in [-0.4, -0.2) is 45.5 Å². The van der Waals surface area contributed by atoms with E-state index >= 15 is 0 Å². The van der Waals surface area contributed by atoms with Crippen molar-refractivity contribution in [2.45, 2.75) is 52.1 Å². The monoisotopic (exact) mass is 427 g/mol. The van der Waals surface area contributed by atoms with Crippen molar-refractivity contribution in [3.05, 3.63) is 48.0 Å². The van der Waals surface area contributed by atoms with Gasteiger partial charge >= 0.3 is 0 Å². The summed E-state index contributed by atoms with van der Waals surface area (Å²) in [5.74, 6) is 0.490. The molecule has 8 nitrogen and oxygen atoms in total. The largest absolute Gasteiger partial charge is 0.415 e. The van der Waals surface area contributed by atoms with Crippen LogP contribution in [0.2, 0.25) is 18.1 Å². The zero-order valence-corrected chi connectivity index (χ0v) is 19.1. The van der Waals surface area contributed by atoms with E-state index in [1.165, 1.54) is 6.33 Å². The number of imidazole rings is 1. The number of rotatable bonds is 7. The first-order valence-electron chi connectivity index (χ1n) is 9.95. The third-order valence-corrected chi connectivity index (χ3v) is 10.1. The summed E-state index contributed by atoms with van der Waals surface area (Å²) in [7, 11) is -1.89. The zero-order valence-electron chi connectivity index (χ0n) is 18.1. The van der Waals surface area contributed by atoms with Crippen molar-refractivity contribution >= 4 is 31.2 Å². The summed E-state index contributed by atoms with van der Waals surface area (Å²) < 4.78 is 8.09. The van der Waals surface area contributed by atoms with Crippen LogP contribution in [0.3, 0.4) is 0 Å². The summed E-state index contributed by atoms with van der Waals surface area (Å²) in [5, 5.41) is 12.7. The van der Waals surface area contributed by atoms with Gasteiger partial charge in [0.25, 0.3) is 5.91 Å². The van der Waals surface area contributed by atoms with Gasteiger partial charge in [0.05, 0.1) is 6.61 Å². The van der Waals surface area contributed by atoms with Gasteiger partial charge in [-0.15, -0.1) is 0 Å². The minimum Gasteiger partial charge on any atom is -0.415 e. The molecule has 0 bridgehead atoms. The molecule has 0 fully saturated rings. The highest BCUT2D eigenvalue weighted by molar-refractivity contribution is 6.74. The molecule has 0 unspecified atom stereocenters. The second-order valence-electron chi connectivity index (χ2n) is 8.66. The van der Waals surface area contributed by atoms with Crippen LogP contribution < -0.4 is 5.32 Å². The number of benzene rings is 1. The van der Waals surface area contributed by atoms with Crippen LogP contribution in [0.4, 0.5) is 5.82 Å². The van der Waals surface area contributed by atoms with E-state index in [-0.39, 0.29) is 17.6 Å². The van der Waals surface area contributed by atoms with Crippen LogP contribution >= 0.6 is 0 Å². The van der Waals surface area contributed by atoms with E-state index in [0.717, 1.165) is 0 Å². The molecule has 0 aliphatic rings. The first kappa shape index (κ1) is 22.1. The Morgan fingerprint density at radius 2 is 1.90 bits per heavy atom. The van der Waals surface area contributed by atoms with Gasteiger partial charge in [0.1, 0.15) is 18.8 Å². The Hall–Kier alpha value is -2.62. The minimum absolute atomic E-state index is 0.112. The SMILES string of the molecule is CC(C)(C)[Si](C)(C)OCCn1c(CO)nc2c(NC(=O)c3ccccc3)ncnc21. The maximum absolute atomic E-state index is 12.5. The lowest BCUT2D eigenvalue weighted by Crippen LogP contribution is -2.41. The van der Waals surface area contributed by atoms with Gasteiger partial charge in [0.15, 0.2) is 25.3 Å². The second-order valence-corrected chi connectivity index (χ2v) is 13.5. The number of carbonyl (C=O) groups is 1. The van der Waals surface area contributed by atoms with Crippen LogP contribution in [0.15, 0.2) is 36.7 Å². The fraction of sp³-hybridized carbons (Fsp3) is 0.429. The Kier molecular flexibility index (Phi) is 6.35. The second kappa shape index (κ2) is 8.63. The van der Waals surface area contributed by atoms with Gasteiger partial charge in [-0.2, -0.15) is 0 Å². The van der Waals surface area contributed by atoms with E-state index in [9.17, 15) is 9.90 Å². The summed E-state index contributed by atoms with van der Waals surface area (Å²) in [4.78, 5) is 25.5. The molecule has 0 radical (unpaired) electrons. The average Bonchev–Trinajstić information content (AvgIpc) is 3.06. The highest BCUT2D eigenvalue weighted by Gasteiger charge is 2.37. The molecule has 1 aromatic carbocycles. The van der Waals surface area contributed by atoms with Gasteiger partial charge in [0.2, 0.25) is 0 Å². The van der Waals surface area contributed by atoms with Crippen molar-refractivity contribution in [3.63, 3.8) is 0 Å². The number of carbonyl (C=O) groups excluding carboxylic acids is 1. The molecule has 0 saturated carbocycles. The summed E-state index contributed by atoms with van der Waals surface area (Å²) in [6.07, 6.45) is 1.39. The van der Waals surface area contributed by atoms with Gasteiger partial charge in [-0.3, -0.25) is 4.79 Å². The zero-order chi connectivity index (χ0) is 21.9. The third kappa shape index (κ3) is 4.58. The van der Waals surface area contributed by atoms with Gasteiger partial charge < -0.3 is 19.4 Å². The molecule has 0 atom stereocenters. The molecule has 2 heterocycles. The van der Waals surface area contributed by atoms with Gasteiger partial charge in [0, 0.05) is 12.1 Å². The molecule has 0 aliphatic carbocycles. The van der Waals surface area contributed by atoms with E-state index < -0.39 is 8.32 Å². The van der Waals surface area contributed by atoms with E-state index in [0.29, 0.717) is 41.5 Å². The molecule has 160 valence electrons. The van der Waals surface area contributed by atoms with E-state index in [2.05, 4.69) is 54.1 Å². The molecule has 1 amide bonds. The molecule has 3 rings (SSSR count). The predicted molar refractivity (Wildman–Crippen MR) is 119 cm³/mol. The summed E-state index contributed by atoms with van der Waals surface area (Å²) in [6, 6.07) is 8.89. The van der Waals surface area contributed by atoms with Gasteiger partial charge in [-0.05, 0) is 30.3 Å². The third-order valence-electron chi connectivity index (χ3n) is 5.60. The highest BCUT2D eigenvalue weighted by Crippen LogP contribution is 2.36. The Balaban J connectivity index is 1.84. The maximum Gasteiger partial charge on any atom is 0.256 e. The Labute approximate surface area is 177 Å². The molecule has 0 spiro atoms. The van der Waals surface area contributed by atoms with Crippen molar-refractivity contribution in [1.82, 2.24) is 19.5 Å². The lowest BCUT2D eigenvalue weighted by Gasteiger charge is -2.36. The smallest absolute Gasteiger partial charge is 0.256 e. The van der Waals surface area contributed by atoms with E-state index in [1.54, 1.807) is 24.3 Å². The van der Waals surface area contributed by atoms with Crippen LogP contribution in [-0.2, 0) is 17.6 Å². The summed E-state index contributed by atoms with van der Waals surface area (Å²) in [6.45, 7) is 11.7. The molecular formula is C21H29N5O3Si. The summed E-state index contributed by atoms with van der Waals surface area (Å²) >= 11 is 0. The molecule has 0 saturated heterocycles. The quantitative estimate of drug-likeness (QED) is 0.559. The number of hydrogen-bond acceptors (Lipinski definition) is 6. The Morgan fingerprint density at radius 3 is 2.53 bits per heavy atom. The average molecular weight is 428 g/mol. The van der Waals surface area contributed by atoms with Crippen molar-refractivity contribution < 1.29 is 14.3 Å². The van der Waals surface area contributed by atoms with E-state index in [4.69, 9.17) is 4.43 Å². The number of anilines is 1. The Morgan fingerprint density at radius 1 is 1.20 bits per heavy atom. The predicted octanol–water partition coefficient (Wildman–Crippen LogP) is 3.59. The lowest BCUT2D eigenvalue weighted by molar-refractivity contribution is 0.102. The van der Waals surface area contributed by atoms with Gasteiger partial charge in [-0.1, -0.05) is 39.0 Å². The lowest BCUT2D eigenvalue weighted by atomic mass is 10.2. The number of aliphatic hydroxyl groups excluding tert-OH is 1. The highest BCUT2D eigenvalue weighted by atomic mass is 28.4. The standard InChI is InChI=1S/C21H29N5O3Si/c1-21(2,3)30(4,5)29-12-11-26-16(13-27)24-17-18(22-14-23-19(17)26)25-20(28)15-9-7-6-8-10-15/h6-10,14,27H,11-13H2,1-5H3,(H,22,23,25,28). The molecule has 3 aromatic rings. The van der Waals surface area contributed by atoms with Gasteiger partial charge in [-0.25, -0.2) is 15.0 Å².